The van der Waals surface area contributed by atoms with E-state index in [0.29, 0.717) is 16.8 Å². The molecule has 6 nitrogen and oxygen atoms in total. The molecular weight excluding hydrogens is 530 g/mol. The molecule has 5 aromatic rings. The highest BCUT2D eigenvalue weighted by atomic mass is 79.9. The fourth-order valence-electron chi connectivity index (χ4n) is 4.21. The van der Waals surface area contributed by atoms with Crippen molar-refractivity contribution in [2.75, 3.05) is 6.61 Å². The Morgan fingerprint density at radius 3 is 2.46 bits per heavy atom. The topological polar surface area (TPSA) is 88.0 Å². The number of hydrogen-bond acceptors (Lipinski definition) is 5. The average molecular weight is 552 g/mol. The molecular formula is C30H22BrN3O3. The molecule has 0 saturated heterocycles. The zero-order valence-electron chi connectivity index (χ0n) is 19.9. The van der Waals surface area contributed by atoms with E-state index in [1.807, 2.05) is 79.0 Å². The SMILES string of the molecule is CCOC(=O)[C@H](Oc1nc(-c2ccccc2)cc(-c2c[nH]c3ccc(Br)cc23)c1C#N)c1ccccc1. The van der Waals surface area contributed by atoms with Gasteiger partial charge >= 0.3 is 5.97 Å². The number of aromatic amines is 1. The van der Waals surface area contributed by atoms with Gasteiger partial charge in [0.25, 0.3) is 0 Å². The van der Waals surface area contributed by atoms with Crippen LogP contribution in [0.5, 0.6) is 5.88 Å². The molecule has 2 heterocycles. The maximum Gasteiger partial charge on any atom is 0.352 e. The highest BCUT2D eigenvalue weighted by molar-refractivity contribution is 9.10. The first-order valence-corrected chi connectivity index (χ1v) is 12.5. The molecule has 2 aromatic heterocycles. The number of esters is 1. The summed E-state index contributed by atoms with van der Waals surface area (Å²) in [4.78, 5) is 21.0. The zero-order valence-corrected chi connectivity index (χ0v) is 21.5. The van der Waals surface area contributed by atoms with Crippen LogP contribution < -0.4 is 4.74 Å². The first-order chi connectivity index (χ1) is 18.1. The molecule has 7 heteroatoms. The summed E-state index contributed by atoms with van der Waals surface area (Å²) >= 11 is 3.55. The summed E-state index contributed by atoms with van der Waals surface area (Å²) in [7, 11) is 0. The van der Waals surface area contributed by atoms with E-state index in [2.05, 4.69) is 27.0 Å². The summed E-state index contributed by atoms with van der Waals surface area (Å²) < 4.78 is 12.5. The number of aromatic nitrogens is 2. The van der Waals surface area contributed by atoms with E-state index >= 15 is 0 Å². The molecule has 0 amide bonds. The second-order valence-electron chi connectivity index (χ2n) is 8.27. The van der Waals surface area contributed by atoms with Crippen molar-refractivity contribution in [1.82, 2.24) is 9.97 Å². The van der Waals surface area contributed by atoms with Gasteiger partial charge in [0.2, 0.25) is 12.0 Å². The Morgan fingerprint density at radius 2 is 1.76 bits per heavy atom. The molecule has 182 valence electrons. The molecule has 0 saturated carbocycles. The number of carbonyl (C=O) groups excluding carboxylic acids is 1. The van der Waals surface area contributed by atoms with E-state index in [1.165, 1.54) is 0 Å². The Hall–Kier alpha value is -4.41. The predicted octanol–water partition coefficient (Wildman–Crippen LogP) is 7.21. The van der Waals surface area contributed by atoms with E-state index in [9.17, 15) is 10.1 Å². The Labute approximate surface area is 222 Å². The minimum atomic E-state index is -1.09. The fraction of sp³-hybridized carbons (Fsp3) is 0.100. The average Bonchev–Trinajstić information content (AvgIpc) is 3.35. The highest BCUT2D eigenvalue weighted by Crippen LogP contribution is 2.39. The van der Waals surface area contributed by atoms with Crippen LogP contribution in [0.1, 0.15) is 24.2 Å². The van der Waals surface area contributed by atoms with Crippen LogP contribution in [0.25, 0.3) is 33.3 Å². The summed E-state index contributed by atoms with van der Waals surface area (Å²) in [5, 5.41) is 11.2. The third-order valence-corrected chi connectivity index (χ3v) is 6.43. The zero-order chi connectivity index (χ0) is 25.8. The lowest BCUT2D eigenvalue weighted by molar-refractivity contribution is -0.151. The van der Waals surface area contributed by atoms with E-state index in [4.69, 9.17) is 14.5 Å². The Morgan fingerprint density at radius 1 is 1.03 bits per heavy atom. The molecule has 3 aromatic carbocycles. The van der Waals surface area contributed by atoms with Gasteiger partial charge in [-0.2, -0.15) is 5.26 Å². The Bertz CT molecular complexity index is 1610. The third kappa shape index (κ3) is 4.97. The quantitative estimate of drug-likeness (QED) is 0.216. The molecule has 0 radical (unpaired) electrons. The number of nitrogens with one attached hydrogen (secondary N) is 1. The standard InChI is InChI=1S/C30H22BrN3O3/c1-2-36-30(35)28(20-11-7-4-8-12-20)37-29-24(17-32)22(16-27(34-29)19-9-5-3-6-10-19)25-18-33-26-14-13-21(31)15-23(25)26/h3-16,18,28,33H,2H2,1H3/t28-/m1/s1. The first kappa shape index (κ1) is 24.3. The van der Waals surface area contributed by atoms with Gasteiger partial charge in [0.15, 0.2) is 0 Å². The van der Waals surface area contributed by atoms with Crippen LogP contribution in [0.2, 0.25) is 0 Å². The highest BCUT2D eigenvalue weighted by Gasteiger charge is 2.28. The van der Waals surface area contributed by atoms with Crippen molar-refractivity contribution in [3.05, 3.63) is 107 Å². The van der Waals surface area contributed by atoms with Crippen molar-refractivity contribution in [3.63, 3.8) is 0 Å². The molecule has 0 fully saturated rings. The lowest BCUT2D eigenvalue weighted by atomic mass is 9.98. The van der Waals surface area contributed by atoms with Crippen LogP contribution in [-0.2, 0) is 9.53 Å². The molecule has 0 aliphatic heterocycles. The van der Waals surface area contributed by atoms with Crippen LogP contribution in [-0.4, -0.2) is 22.5 Å². The van der Waals surface area contributed by atoms with E-state index in [-0.39, 0.29) is 18.1 Å². The smallest absolute Gasteiger partial charge is 0.352 e. The van der Waals surface area contributed by atoms with Crippen molar-refractivity contribution in [3.8, 4) is 34.3 Å². The number of ether oxygens (including phenoxy) is 2. The van der Waals surface area contributed by atoms with Gasteiger partial charge in [0.05, 0.1) is 12.3 Å². The molecule has 1 N–H and O–H groups in total. The van der Waals surface area contributed by atoms with E-state index in [1.54, 1.807) is 19.1 Å². The van der Waals surface area contributed by atoms with Gasteiger partial charge in [-0.15, -0.1) is 0 Å². The van der Waals surface area contributed by atoms with Gasteiger partial charge in [0, 0.05) is 43.8 Å². The van der Waals surface area contributed by atoms with Crippen molar-refractivity contribution in [1.29, 1.82) is 5.26 Å². The number of benzene rings is 3. The monoisotopic (exact) mass is 551 g/mol. The number of nitrogens with zero attached hydrogens (tertiary/aromatic N) is 2. The number of pyridine rings is 1. The maximum absolute atomic E-state index is 13.0. The molecule has 0 spiro atoms. The molecule has 0 aliphatic carbocycles. The minimum absolute atomic E-state index is 0.0603. The van der Waals surface area contributed by atoms with Crippen LogP contribution in [0.4, 0.5) is 0 Å². The van der Waals surface area contributed by atoms with Crippen LogP contribution in [0.3, 0.4) is 0 Å². The second kappa shape index (κ2) is 10.7. The normalized spacial score (nSPS) is 11.6. The number of H-pyrrole nitrogens is 1. The van der Waals surface area contributed by atoms with Gasteiger partial charge in [-0.3, -0.25) is 0 Å². The Kier molecular flexibility index (Phi) is 7.02. The van der Waals surface area contributed by atoms with Crippen molar-refractivity contribution < 1.29 is 14.3 Å². The lowest BCUT2D eigenvalue weighted by Gasteiger charge is -2.20. The number of fused-ring (bicyclic) bond motifs is 1. The molecule has 0 unspecified atom stereocenters. The number of nitriles is 1. The summed E-state index contributed by atoms with van der Waals surface area (Å²) in [6.07, 6.45) is 0.781. The number of hydrogen-bond donors (Lipinski definition) is 1. The largest absolute Gasteiger partial charge is 0.463 e. The first-order valence-electron chi connectivity index (χ1n) is 11.7. The maximum atomic E-state index is 13.0. The predicted molar refractivity (Wildman–Crippen MR) is 146 cm³/mol. The van der Waals surface area contributed by atoms with E-state index < -0.39 is 12.1 Å². The van der Waals surface area contributed by atoms with Crippen molar-refractivity contribution >= 4 is 32.8 Å². The summed E-state index contributed by atoms with van der Waals surface area (Å²) in [5.74, 6) is -0.493. The van der Waals surface area contributed by atoms with Gasteiger partial charge < -0.3 is 14.5 Å². The van der Waals surface area contributed by atoms with Gasteiger partial charge in [-0.1, -0.05) is 76.6 Å². The van der Waals surface area contributed by atoms with Gasteiger partial charge in [-0.25, -0.2) is 9.78 Å². The van der Waals surface area contributed by atoms with Gasteiger partial charge in [-0.05, 0) is 31.2 Å². The summed E-state index contributed by atoms with van der Waals surface area (Å²) in [6, 6.07) is 28.8. The van der Waals surface area contributed by atoms with Crippen LogP contribution in [0.15, 0.2) is 95.6 Å². The van der Waals surface area contributed by atoms with Crippen LogP contribution in [0, 0.1) is 11.3 Å². The minimum Gasteiger partial charge on any atom is -0.463 e. The van der Waals surface area contributed by atoms with Crippen LogP contribution >= 0.6 is 15.9 Å². The third-order valence-electron chi connectivity index (χ3n) is 5.93. The number of rotatable bonds is 7. The molecule has 1 atom stereocenters. The Balaban J connectivity index is 1.73. The number of carbonyl (C=O) groups is 1. The molecule has 0 aliphatic rings. The van der Waals surface area contributed by atoms with Gasteiger partial charge in [0.1, 0.15) is 11.6 Å². The number of halogens is 1. The second-order valence-corrected chi connectivity index (χ2v) is 9.18. The van der Waals surface area contributed by atoms with Crippen molar-refractivity contribution in [2.24, 2.45) is 0 Å². The molecule has 0 bridgehead atoms. The summed E-state index contributed by atoms with van der Waals surface area (Å²) in [6.45, 7) is 1.94. The molecule has 5 rings (SSSR count). The molecule has 37 heavy (non-hydrogen) atoms. The summed E-state index contributed by atoms with van der Waals surface area (Å²) in [5.41, 5.74) is 4.70. The van der Waals surface area contributed by atoms with E-state index in [0.717, 1.165) is 26.5 Å². The lowest BCUT2D eigenvalue weighted by Crippen LogP contribution is -2.22. The van der Waals surface area contributed by atoms with Crippen molar-refractivity contribution in [2.45, 2.75) is 13.0 Å². The fourth-order valence-corrected chi connectivity index (χ4v) is 4.57.